The van der Waals surface area contributed by atoms with Gasteiger partial charge < -0.3 is 25.4 Å². The van der Waals surface area contributed by atoms with Crippen LogP contribution in [0.4, 0.5) is 21.7 Å². The highest BCUT2D eigenvalue weighted by atomic mass is 35.5. The van der Waals surface area contributed by atoms with Gasteiger partial charge in [-0.3, -0.25) is 9.59 Å². The minimum atomic E-state index is -0.527. The number of aromatic nitrogens is 3. The second-order valence-corrected chi connectivity index (χ2v) is 9.69. The third-order valence-electron chi connectivity index (χ3n) is 6.64. The summed E-state index contributed by atoms with van der Waals surface area (Å²) in [4.78, 5) is 41.5. The van der Waals surface area contributed by atoms with E-state index in [2.05, 4.69) is 37.5 Å². The van der Waals surface area contributed by atoms with E-state index in [9.17, 15) is 14.0 Å². The van der Waals surface area contributed by atoms with Crippen LogP contribution in [-0.2, 0) is 16.0 Å². The molecule has 0 spiro atoms. The number of aryl methyl sites for hydroxylation is 2. The van der Waals surface area contributed by atoms with Gasteiger partial charge in [-0.05, 0) is 56.3 Å². The number of halogens is 2. The molecule has 0 aliphatic carbocycles. The Morgan fingerprint density at radius 1 is 1.22 bits per heavy atom. The number of nitrogens with zero attached hydrogens (tertiary/aromatic N) is 4. The molecule has 192 valence electrons. The monoisotopic (exact) mass is 523 g/mol. The maximum Gasteiger partial charge on any atom is 0.257 e. The van der Waals surface area contributed by atoms with Gasteiger partial charge in [0.2, 0.25) is 5.91 Å². The van der Waals surface area contributed by atoms with Gasteiger partial charge in [0.25, 0.3) is 5.91 Å². The zero-order valence-corrected chi connectivity index (χ0v) is 21.3. The van der Waals surface area contributed by atoms with Crippen LogP contribution in [0.1, 0.15) is 28.9 Å². The molecule has 3 aromatic rings. The summed E-state index contributed by atoms with van der Waals surface area (Å²) in [6.07, 6.45) is 4.10. The molecule has 0 saturated carbocycles. The molecule has 11 heteroatoms. The van der Waals surface area contributed by atoms with Gasteiger partial charge in [-0.25, -0.2) is 14.4 Å². The highest BCUT2D eigenvalue weighted by molar-refractivity contribution is 6.35. The molecule has 0 bridgehead atoms. The number of amides is 2. The third kappa shape index (κ3) is 5.35. The number of anilines is 3. The van der Waals surface area contributed by atoms with Crippen LogP contribution in [0.2, 0.25) is 5.02 Å². The van der Waals surface area contributed by atoms with E-state index in [1.54, 1.807) is 6.08 Å². The van der Waals surface area contributed by atoms with Gasteiger partial charge >= 0.3 is 0 Å². The smallest absolute Gasteiger partial charge is 0.257 e. The molecule has 2 aliphatic rings. The molecule has 2 aliphatic heterocycles. The normalized spacial score (nSPS) is 16.7. The van der Waals surface area contributed by atoms with E-state index in [1.807, 2.05) is 17.9 Å². The second-order valence-electron chi connectivity index (χ2n) is 9.29. The standard InChI is InChI=1S/C26H27ClFN7O2/c1-15-11-16(4-6-22(36)35-9-7-34(2)8-10-35)31-21(15)13-18-23-24(29-14-30-25(23)33-26(18)37)32-17-3-5-20(28)19(27)12-17/h3,5,11-14,31H,4,6-10H2,1-2H3,(H2,29,30,32,33,37)/b18-13-. The lowest BCUT2D eigenvalue weighted by molar-refractivity contribution is -0.132. The van der Waals surface area contributed by atoms with Crippen LogP contribution in [0.3, 0.4) is 0 Å². The Morgan fingerprint density at radius 2 is 2.00 bits per heavy atom. The van der Waals surface area contributed by atoms with Crippen molar-refractivity contribution in [3.05, 3.63) is 63.9 Å². The highest BCUT2D eigenvalue weighted by Crippen LogP contribution is 2.37. The van der Waals surface area contributed by atoms with Crippen molar-refractivity contribution in [1.82, 2.24) is 24.8 Å². The number of hydrogen-bond acceptors (Lipinski definition) is 6. The maximum atomic E-state index is 13.6. The van der Waals surface area contributed by atoms with Crippen LogP contribution in [0.15, 0.2) is 30.6 Å². The number of nitrogens with one attached hydrogen (secondary N) is 3. The zero-order valence-electron chi connectivity index (χ0n) is 20.6. The Bertz CT molecular complexity index is 1400. The van der Waals surface area contributed by atoms with E-state index < -0.39 is 5.82 Å². The average molecular weight is 524 g/mol. The lowest BCUT2D eigenvalue weighted by Crippen LogP contribution is -2.47. The summed E-state index contributed by atoms with van der Waals surface area (Å²) in [6, 6.07) is 6.24. The summed E-state index contributed by atoms with van der Waals surface area (Å²) in [5.41, 5.74) is 4.06. The van der Waals surface area contributed by atoms with E-state index in [-0.39, 0.29) is 16.8 Å². The first-order valence-corrected chi connectivity index (χ1v) is 12.4. The van der Waals surface area contributed by atoms with E-state index in [0.717, 1.165) is 43.1 Å². The number of H-pyrrole nitrogens is 1. The Balaban J connectivity index is 1.35. The number of likely N-dealkylation sites (N-methyl/N-ethyl adjacent to an activating group) is 1. The highest BCUT2D eigenvalue weighted by Gasteiger charge is 2.30. The van der Waals surface area contributed by atoms with E-state index in [4.69, 9.17) is 11.6 Å². The van der Waals surface area contributed by atoms with E-state index >= 15 is 0 Å². The van der Waals surface area contributed by atoms with Crippen LogP contribution in [0.5, 0.6) is 0 Å². The zero-order chi connectivity index (χ0) is 26.1. The molecule has 0 radical (unpaired) electrons. The molecule has 1 saturated heterocycles. The Kier molecular flexibility index (Phi) is 6.94. The van der Waals surface area contributed by atoms with Crippen LogP contribution >= 0.6 is 11.6 Å². The fourth-order valence-electron chi connectivity index (χ4n) is 4.50. The second kappa shape index (κ2) is 10.3. The van der Waals surface area contributed by atoms with Crippen molar-refractivity contribution in [3.8, 4) is 0 Å². The van der Waals surface area contributed by atoms with Crippen molar-refractivity contribution in [1.29, 1.82) is 0 Å². The number of carbonyl (C=O) groups is 2. The number of piperazine rings is 1. The van der Waals surface area contributed by atoms with Gasteiger partial charge in [0.05, 0.1) is 16.2 Å². The molecule has 37 heavy (non-hydrogen) atoms. The van der Waals surface area contributed by atoms with Gasteiger partial charge in [0.15, 0.2) is 0 Å². The van der Waals surface area contributed by atoms with Crippen molar-refractivity contribution >= 4 is 52.4 Å². The van der Waals surface area contributed by atoms with Gasteiger partial charge in [-0.1, -0.05) is 11.6 Å². The maximum absolute atomic E-state index is 13.6. The van der Waals surface area contributed by atoms with E-state index in [1.165, 1.54) is 24.5 Å². The first-order valence-electron chi connectivity index (χ1n) is 12.0. The molecule has 3 N–H and O–H groups in total. The molecule has 1 fully saturated rings. The van der Waals surface area contributed by atoms with Gasteiger partial charge in [-0.2, -0.15) is 0 Å². The number of aromatic amines is 1. The van der Waals surface area contributed by atoms with Crippen molar-refractivity contribution < 1.29 is 14.0 Å². The predicted molar refractivity (Wildman–Crippen MR) is 141 cm³/mol. The average Bonchev–Trinajstić information content (AvgIpc) is 3.39. The van der Waals surface area contributed by atoms with Gasteiger partial charge in [0.1, 0.15) is 23.8 Å². The minimum Gasteiger partial charge on any atom is -0.359 e. The lowest BCUT2D eigenvalue weighted by Gasteiger charge is -2.32. The number of hydrogen-bond donors (Lipinski definition) is 3. The predicted octanol–water partition coefficient (Wildman–Crippen LogP) is 3.85. The van der Waals surface area contributed by atoms with Crippen LogP contribution < -0.4 is 10.6 Å². The first kappa shape index (κ1) is 24.9. The lowest BCUT2D eigenvalue weighted by atomic mass is 10.1. The number of benzene rings is 1. The quantitative estimate of drug-likeness (QED) is 0.424. The van der Waals surface area contributed by atoms with Crippen molar-refractivity contribution in [2.45, 2.75) is 19.8 Å². The Morgan fingerprint density at radius 3 is 2.76 bits per heavy atom. The van der Waals surface area contributed by atoms with Crippen LogP contribution in [0.25, 0.3) is 11.6 Å². The molecular formula is C26H27ClFN7O2. The van der Waals surface area contributed by atoms with Crippen molar-refractivity contribution in [2.24, 2.45) is 0 Å². The summed E-state index contributed by atoms with van der Waals surface area (Å²) in [5, 5.41) is 5.85. The molecule has 9 nitrogen and oxygen atoms in total. The molecule has 2 amide bonds. The van der Waals surface area contributed by atoms with Gasteiger partial charge in [-0.15, -0.1) is 0 Å². The van der Waals surface area contributed by atoms with Crippen LogP contribution in [-0.4, -0.2) is 69.8 Å². The summed E-state index contributed by atoms with van der Waals surface area (Å²) in [6.45, 7) is 5.25. The number of rotatable bonds is 6. The molecule has 4 heterocycles. The summed E-state index contributed by atoms with van der Waals surface area (Å²) >= 11 is 5.92. The fourth-order valence-corrected chi connectivity index (χ4v) is 4.68. The molecule has 0 atom stereocenters. The topological polar surface area (TPSA) is 106 Å². The summed E-state index contributed by atoms with van der Waals surface area (Å²) in [5.74, 6) is 0.0825. The number of carbonyl (C=O) groups excluding carboxylic acids is 2. The molecule has 0 unspecified atom stereocenters. The molecule has 1 aromatic carbocycles. The van der Waals surface area contributed by atoms with Crippen LogP contribution in [0, 0.1) is 12.7 Å². The Hall–Kier alpha value is -3.76. The minimum absolute atomic E-state index is 0.0266. The SMILES string of the molecule is Cc1cc(CCC(=O)N2CCN(C)CC2)[nH]c1/C=C1\C(=O)Nc2ncnc(Nc3ccc(F)c(Cl)c3)c21. The molecule has 5 rings (SSSR count). The summed E-state index contributed by atoms with van der Waals surface area (Å²) < 4.78 is 13.6. The van der Waals surface area contributed by atoms with Gasteiger partial charge in [0, 0.05) is 49.7 Å². The molecule has 2 aromatic heterocycles. The third-order valence-corrected chi connectivity index (χ3v) is 6.93. The summed E-state index contributed by atoms with van der Waals surface area (Å²) in [7, 11) is 2.06. The Labute approximate surface area is 218 Å². The fraction of sp³-hybridized carbons (Fsp3) is 0.308. The first-order chi connectivity index (χ1) is 17.8. The van der Waals surface area contributed by atoms with E-state index in [0.29, 0.717) is 41.3 Å². The number of fused-ring (bicyclic) bond motifs is 1. The van der Waals surface area contributed by atoms with Crippen molar-refractivity contribution in [2.75, 3.05) is 43.9 Å². The largest absolute Gasteiger partial charge is 0.359 e. The van der Waals surface area contributed by atoms with Crippen molar-refractivity contribution in [3.63, 3.8) is 0 Å². The molecular weight excluding hydrogens is 497 g/mol.